The van der Waals surface area contributed by atoms with Crippen LogP contribution < -0.4 is 5.73 Å². The van der Waals surface area contributed by atoms with E-state index in [1.165, 1.54) is 24.8 Å². The fraction of sp³-hybridized carbons (Fsp3) is 0.529. The molecule has 2 unspecified atom stereocenters. The van der Waals surface area contributed by atoms with Crippen LogP contribution in [0.5, 0.6) is 0 Å². The lowest BCUT2D eigenvalue weighted by Gasteiger charge is -2.39. The van der Waals surface area contributed by atoms with Gasteiger partial charge in [0.15, 0.2) is 0 Å². The molecule has 0 spiro atoms. The molecule has 0 aromatic heterocycles. The summed E-state index contributed by atoms with van der Waals surface area (Å²) in [6.45, 7) is 6.13. The topological polar surface area (TPSA) is 29.3 Å². The Bertz CT molecular complexity index is 460. The molecular weight excluding hydrogens is 232 g/mol. The first kappa shape index (κ1) is 14.1. The monoisotopic (exact) mass is 256 g/mol. The van der Waals surface area contributed by atoms with Crippen LogP contribution in [-0.4, -0.2) is 23.5 Å². The fourth-order valence-electron chi connectivity index (χ4n) is 2.90. The number of nitrogens with two attached hydrogens (primary N) is 1. The van der Waals surface area contributed by atoms with Crippen LogP contribution in [0.3, 0.4) is 0 Å². The predicted octanol–water partition coefficient (Wildman–Crippen LogP) is 2.76. The third-order valence-electron chi connectivity index (χ3n) is 4.00. The highest BCUT2D eigenvalue weighted by Gasteiger charge is 2.24. The minimum Gasteiger partial charge on any atom is -0.320 e. The first-order chi connectivity index (χ1) is 9.20. The molecule has 0 bridgehead atoms. The molecule has 2 atom stereocenters. The number of hydrogen-bond acceptors (Lipinski definition) is 2. The third-order valence-corrected chi connectivity index (χ3v) is 4.00. The predicted molar refractivity (Wildman–Crippen MR) is 80.7 cm³/mol. The van der Waals surface area contributed by atoms with Crippen molar-refractivity contribution >= 4 is 0 Å². The normalized spacial score (nSPS) is 23.7. The molecule has 2 N–H and O–H groups in total. The molecule has 1 heterocycles. The van der Waals surface area contributed by atoms with Gasteiger partial charge < -0.3 is 5.73 Å². The Morgan fingerprint density at radius 1 is 1.26 bits per heavy atom. The molecule has 0 radical (unpaired) electrons. The van der Waals surface area contributed by atoms with Gasteiger partial charge in [-0.25, -0.2) is 0 Å². The Morgan fingerprint density at radius 2 is 2.00 bits per heavy atom. The van der Waals surface area contributed by atoms with Crippen molar-refractivity contribution in [2.45, 2.75) is 51.7 Å². The van der Waals surface area contributed by atoms with Crippen molar-refractivity contribution in [2.24, 2.45) is 5.73 Å². The summed E-state index contributed by atoms with van der Waals surface area (Å²) in [7, 11) is 0. The third kappa shape index (κ3) is 3.83. The molecule has 1 fully saturated rings. The van der Waals surface area contributed by atoms with Gasteiger partial charge in [-0.2, -0.15) is 0 Å². The zero-order chi connectivity index (χ0) is 13.7. The SMILES string of the molecule is CC1CCCC(C)N1Cc1cccc(C#CCN)c1. The van der Waals surface area contributed by atoms with Crippen molar-refractivity contribution in [1.82, 2.24) is 4.90 Å². The Morgan fingerprint density at radius 3 is 2.68 bits per heavy atom. The molecule has 1 aromatic rings. The maximum absolute atomic E-state index is 5.42. The summed E-state index contributed by atoms with van der Waals surface area (Å²) in [4.78, 5) is 2.61. The van der Waals surface area contributed by atoms with Gasteiger partial charge in [-0.15, -0.1) is 0 Å². The zero-order valence-corrected chi connectivity index (χ0v) is 12.0. The number of piperidine rings is 1. The second kappa shape index (κ2) is 6.75. The van der Waals surface area contributed by atoms with Crippen LogP contribution in [0.15, 0.2) is 24.3 Å². The van der Waals surface area contributed by atoms with Gasteiger partial charge >= 0.3 is 0 Å². The number of hydrogen-bond donors (Lipinski definition) is 1. The van der Waals surface area contributed by atoms with E-state index in [1.54, 1.807) is 0 Å². The highest BCUT2D eigenvalue weighted by Crippen LogP contribution is 2.24. The Labute approximate surface area is 117 Å². The van der Waals surface area contributed by atoms with E-state index in [4.69, 9.17) is 5.73 Å². The highest BCUT2D eigenvalue weighted by atomic mass is 15.2. The van der Waals surface area contributed by atoms with E-state index in [0.717, 1.165) is 12.1 Å². The Kier molecular flexibility index (Phi) is 5.01. The lowest BCUT2D eigenvalue weighted by Crippen LogP contribution is -2.42. The molecule has 2 rings (SSSR count). The van der Waals surface area contributed by atoms with E-state index in [1.807, 2.05) is 0 Å². The van der Waals surface area contributed by atoms with Crippen LogP contribution in [0, 0.1) is 11.8 Å². The van der Waals surface area contributed by atoms with E-state index in [2.05, 4.69) is 54.9 Å². The van der Waals surface area contributed by atoms with E-state index < -0.39 is 0 Å². The second-order valence-electron chi connectivity index (χ2n) is 5.51. The summed E-state index contributed by atoms with van der Waals surface area (Å²) in [5, 5.41) is 0. The van der Waals surface area contributed by atoms with Gasteiger partial charge in [0.1, 0.15) is 0 Å². The molecule has 1 aliphatic rings. The quantitative estimate of drug-likeness (QED) is 0.824. The van der Waals surface area contributed by atoms with Crippen molar-refractivity contribution < 1.29 is 0 Å². The molecule has 2 nitrogen and oxygen atoms in total. The van der Waals surface area contributed by atoms with E-state index in [0.29, 0.717) is 18.6 Å². The Balaban J connectivity index is 2.09. The van der Waals surface area contributed by atoms with Crippen molar-refractivity contribution in [2.75, 3.05) is 6.54 Å². The molecule has 1 aromatic carbocycles. The summed E-state index contributed by atoms with van der Waals surface area (Å²) in [6.07, 6.45) is 3.99. The van der Waals surface area contributed by atoms with Crippen molar-refractivity contribution in [3.8, 4) is 11.8 Å². The standard InChI is InChI=1S/C17H24N2/c1-14-6-3-7-15(2)19(14)13-17-9-4-8-16(12-17)10-5-11-18/h4,8-9,12,14-15H,3,6-7,11,13,18H2,1-2H3. The van der Waals surface area contributed by atoms with Gasteiger partial charge in [0.25, 0.3) is 0 Å². The number of likely N-dealkylation sites (tertiary alicyclic amines) is 1. The average Bonchev–Trinajstić information content (AvgIpc) is 2.41. The summed E-state index contributed by atoms with van der Waals surface area (Å²) >= 11 is 0. The fourth-order valence-corrected chi connectivity index (χ4v) is 2.90. The smallest absolute Gasteiger partial charge is 0.0555 e. The maximum atomic E-state index is 5.42. The van der Waals surface area contributed by atoms with E-state index >= 15 is 0 Å². The van der Waals surface area contributed by atoms with Gasteiger partial charge in [0.05, 0.1) is 6.54 Å². The average molecular weight is 256 g/mol. The van der Waals surface area contributed by atoms with Gasteiger partial charge in [-0.05, 0) is 44.4 Å². The largest absolute Gasteiger partial charge is 0.320 e. The van der Waals surface area contributed by atoms with Crippen LogP contribution in [0.25, 0.3) is 0 Å². The molecular formula is C17H24N2. The van der Waals surface area contributed by atoms with Crippen molar-refractivity contribution in [3.05, 3.63) is 35.4 Å². The van der Waals surface area contributed by atoms with Gasteiger partial charge in [-0.1, -0.05) is 30.4 Å². The number of nitrogens with zero attached hydrogens (tertiary/aromatic N) is 1. The molecule has 1 aliphatic heterocycles. The van der Waals surface area contributed by atoms with Crippen molar-refractivity contribution in [3.63, 3.8) is 0 Å². The molecule has 0 saturated carbocycles. The molecule has 0 amide bonds. The minimum atomic E-state index is 0.421. The van der Waals surface area contributed by atoms with Crippen molar-refractivity contribution in [1.29, 1.82) is 0 Å². The summed E-state index contributed by atoms with van der Waals surface area (Å²) < 4.78 is 0. The van der Waals surface area contributed by atoms with Gasteiger partial charge in [-0.3, -0.25) is 4.90 Å². The highest BCUT2D eigenvalue weighted by molar-refractivity contribution is 5.37. The maximum Gasteiger partial charge on any atom is 0.0555 e. The van der Waals surface area contributed by atoms with E-state index in [-0.39, 0.29) is 0 Å². The number of benzene rings is 1. The summed E-state index contributed by atoms with van der Waals surface area (Å²) in [5.74, 6) is 6.03. The summed E-state index contributed by atoms with van der Waals surface area (Å²) in [6, 6.07) is 9.90. The number of rotatable bonds is 2. The molecule has 1 saturated heterocycles. The lowest BCUT2D eigenvalue weighted by molar-refractivity contribution is 0.0953. The van der Waals surface area contributed by atoms with Gasteiger partial charge in [0, 0.05) is 24.2 Å². The molecule has 2 heteroatoms. The lowest BCUT2D eigenvalue weighted by atomic mass is 9.96. The molecule has 102 valence electrons. The van der Waals surface area contributed by atoms with Crippen LogP contribution in [-0.2, 0) is 6.54 Å². The first-order valence-corrected chi connectivity index (χ1v) is 7.24. The van der Waals surface area contributed by atoms with Crippen LogP contribution in [0.4, 0.5) is 0 Å². The summed E-state index contributed by atoms with van der Waals surface area (Å²) in [5.41, 5.74) is 7.84. The minimum absolute atomic E-state index is 0.421. The zero-order valence-electron chi connectivity index (χ0n) is 12.0. The van der Waals surface area contributed by atoms with E-state index in [9.17, 15) is 0 Å². The second-order valence-corrected chi connectivity index (χ2v) is 5.51. The van der Waals surface area contributed by atoms with Crippen LogP contribution in [0.1, 0.15) is 44.2 Å². The van der Waals surface area contributed by atoms with Crippen LogP contribution >= 0.6 is 0 Å². The van der Waals surface area contributed by atoms with Gasteiger partial charge in [0.2, 0.25) is 0 Å². The first-order valence-electron chi connectivity index (χ1n) is 7.24. The Hall–Kier alpha value is -1.30. The molecule has 0 aliphatic carbocycles. The van der Waals surface area contributed by atoms with Crippen LogP contribution in [0.2, 0.25) is 0 Å². The molecule has 19 heavy (non-hydrogen) atoms.